The van der Waals surface area contributed by atoms with Gasteiger partial charge in [-0.2, -0.15) is 9.90 Å². The summed E-state index contributed by atoms with van der Waals surface area (Å²) in [6, 6.07) is 7.74. The maximum absolute atomic E-state index is 5.79. The molecule has 2 aromatic rings. The number of halogens is 1. The summed E-state index contributed by atoms with van der Waals surface area (Å²) in [5, 5.41) is 8.75. The molecule has 0 saturated heterocycles. The minimum absolute atomic E-state index is 0.450. The number of nitrogen functional groups attached to an aromatic ring is 1. The minimum atomic E-state index is 0.450. The molecule has 1 aromatic heterocycles. The molecule has 0 radical (unpaired) electrons. The van der Waals surface area contributed by atoms with Crippen LogP contribution in [0.5, 0.6) is 0 Å². The van der Waals surface area contributed by atoms with Crippen LogP contribution in [0.4, 0.5) is 5.82 Å². The summed E-state index contributed by atoms with van der Waals surface area (Å²) in [6.45, 7) is 0.721. The molecule has 2 N–H and O–H groups in total. The number of nitrogens with two attached hydrogens (primary N) is 1. The van der Waals surface area contributed by atoms with Gasteiger partial charge in [0, 0.05) is 5.02 Å². The van der Waals surface area contributed by atoms with E-state index in [0.717, 1.165) is 18.0 Å². The Bertz CT molecular complexity index is 435. The number of rotatable bonds is 3. The fourth-order valence-electron chi connectivity index (χ4n) is 1.30. The molecule has 2 rings (SSSR count). The highest BCUT2D eigenvalue weighted by Gasteiger charge is 1.97. The first kappa shape index (κ1) is 9.98. The number of benzene rings is 1. The SMILES string of the molecule is Nc1cnn(CCc2ccc(Cl)cc2)n1. The van der Waals surface area contributed by atoms with E-state index in [1.165, 1.54) is 5.56 Å². The van der Waals surface area contributed by atoms with Gasteiger partial charge >= 0.3 is 0 Å². The van der Waals surface area contributed by atoms with E-state index < -0.39 is 0 Å². The summed E-state index contributed by atoms with van der Waals surface area (Å²) in [7, 11) is 0. The summed E-state index contributed by atoms with van der Waals surface area (Å²) in [5.41, 5.74) is 6.66. The van der Waals surface area contributed by atoms with E-state index in [-0.39, 0.29) is 0 Å². The quantitative estimate of drug-likeness (QED) is 0.861. The van der Waals surface area contributed by atoms with E-state index in [9.17, 15) is 0 Å². The molecular formula is C10H11ClN4. The van der Waals surface area contributed by atoms with Gasteiger partial charge in [-0.15, -0.1) is 5.10 Å². The Morgan fingerprint density at radius 1 is 1.27 bits per heavy atom. The van der Waals surface area contributed by atoms with Crippen molar-refractivity contribution >= 4 is 17.4 Å². The van der Waals surface area contributed by atoms with Crippen molar-refractivity contribution in [3.8, 4) is 0 Å². The molecule has 0 aliphatic heterocycles. The van der Waals surface area contributed by atoms with Crippen molar-refractivity contribution < 1.29 is 0 Å². The van der Waals surface area contributed by atoms with Crippen LogP contribution in [0, 0.1) is 0 Å². The third-order valence-electron chi connectivity index (χ3n) is 2.07. The smallest absolute Gasteiger partial charge is 0.165 e. The highest BCUT2D eigenvalue weighted by atomic mass is 35.5. The topological polar surface area (TPSA) is 56.7 Å². The third-order valence-corrected chi connectivity index (χ3v) is 2.32. The van der Waals surface area contributed by atoms with Crippen LogP contribution in [-0.4, -0.2) is 15.0 Å². The molecule has 0 atom stereocenters. The van der Waals surface area contributed by atoms with Gasteiger partial charge in [0.15, 0.2) is 5.82 Å². The molecule has 0 aliphatic rings. The lowest BCUT2D eigenvalue weighted by Gasteiger charge is -2.00. The minimum Gasteiger partial charge on any atom is -0.381 e. The summed E-state index contributed by atoms with van der Waals surface area (Å²) >= 11 is 5.79. The molecule has 0 unspecified atom stereocenters. The molecule has 0 saturated carbocycles. The van der Waals surface area contributed by atoms with E-state index in [1.807, 2.05) is 24.3 Å². The summed E-state index contributed by atoms with van der Waals surface area (Å²) in [6.07, 6.45) is 2.41. The lowest BCUT2D eigenvalue weighted by Crippen LogP contribution is -2.05. The second-order valence-electron chi connectivity index (χ2n) is 3.24. The zero-order valence-electron chi connectivity index (χ0n) is 8.10. The van der Waals surface area contributed by atoms with Crippen molar-refractivity contribution in [3.63, 3.8) is 0 Å². The van der Waals surface area contributed by atoms with Gasteiger partial charge in [0.25, 0.3) is 0 Å². The van der Waals surface area contributed by atoms with Crippen LogP contribution < -0.4 is 5.73 Å². The predicted molar refractivity (Wildman–Crippen MR) is 59.6 cm³/mol. The molecule has 0 aliphatic carbocycles. The van der Waals surface area contributed by atoms with Crippen LogP contribution in [0.1, 0.15) is 5.56 Å². The van der Waals surface area contributed by atoms with Gasteiger partial charge in [0.1, 0.15) is 0 Å². The van der Waals surface area contributed by atoms with Gasteiger partial charge in [0.2, 0.25) is 0 Å². The van der Waals surface area contributed by atoms with E-state index in [2.05, 4.69) is 10.2 Å². The number of anilines is 1. The summed E-state index contributed by atoms with van der Waals surface area (Å²) in [5.74, 6) is 0.450. The molecular weight excluding hydrogens is 212 g/mol. The number of aromatic nitrogens is 3. The van der Waals surface area contributed by atoms with Crippen molar-refractivity contribution in [2.24, 2.45) is 0 Å². The first-order valence-electron chi connectivity index (χ1n) is 4.64. The van der Waals surface area contributed by atoms with Crippen molar-refractivity contribution in [2.45, 2.75) is 13.0 Å². The van der Waals surface area contributed by atoms with Crippen LogP contribution in [0.15, 0.2) is 30.5 Å². The van der Waals surface area contributed by atoms with Crippen molar-refractivity contribution in [1.29, 1.82) is 0 Å². The zero-order chi connectivity index (χ0) is 10.7. The number of nitrogens with zero attached hydrogens (tertiary/aromatic N) is 3. The second-order valence-corrected chi connectivity index (χ2v) is 3.68. The molecule has 78 valence electrons. The highest BCUT2D eigenvalue weighted by molar-refractivity contribution is 6.30. The van der Waals surface area contributed by atoms with Crippen molar-refractivity contribution in [1.82, 2.24) is 15.0 Å². The number of hydrogen-bond acceptors (Lipinski definition) is 3. The Kier molecular flexibility index (Phi) is 2.87. The Morgan fingerprint density at radius 2 is 2.00 bits per heavy atom. The average Bonchev–Trinajstić information content (AvgIpc) is 2.64. The van der Waals surface area contributed by atoms with Crippen LogP contribution in [0.25, 0.3) is 0 Å². The van der Waals surface area contributed by atoms with Crippen LogP contribution in [-0.2, 0) is 13.0 Å². The van der Waals surface area contributed by atoms with Gasteiger partial charge in [-0.1, -0.05) is 23.7 Å². The number of hydrogen-bond donors (Lipinski definition) is 1. The van der Waals surface area contributed by atoms with Crippen LogP contribution in [0.3, 0.4) is 0 Å². The molecule has 1 heterocycles. The van der Waals surface area contributed by atoms with Crippen LogP contribution >= 0.6 is 11.6 Å². The maximum atomic E-state index is 5.79. The molecule has 0 bridgehead atoms. The van der Waals surface area contributed by atoms with Gasteiger partial charge in [0.05, 0.1) is 12.7 Å². The fraction of sp³-hybridized carbons (Fsp3) is 0.200. The van der Waals surface area contributed by atoms with E-state index in [4.69, 9.17) is 17.3 Å². The van der Waals surface area contributed by atoms with E-state index >= 15 is 0 Å². The normalized spacial score (nSPS) is 10.5. The average molecular weight is 223 g/mol. The molecule has 15 heavy (non-hydrogen) atoms. The first-order valence-corrected chi connectivity index (χ1v) is 5.02. The third kappa shape index (κ3) is 2.70. The second kappa shape index (κ2) is 4.31. The monoisotopic (exact) mass is 222 g/mol. The Hall–Kier alpha value is -1.55. The maximum Gasteiger partial charge on any atom is 0.165 e. The molecule has 4 nitrogen and oxygen atoms in total. The van der Waals surface area contributed by atoms with Gasteiger partial charge < -0.3 is 5.73 Å². The Balaban J connectivity index is 1.96. The molecule has 0 spiro atoms. The summed E-state index contributed by atoms with van der Waals surface area (Å²) in [4.78, 5) is 1.59. The van der Waals surface area contributed by atoms with Crippen molar-refractivity contribution in [3.05, 3.63) is 41.0 Å². The molecule has 1 aromatic carbocycles. The highest BCUT2D eigenvalue weighted by Crippen LogP contribution is 2.10. The number of aryl methyl sites for hydroxylation is 2. The molecule has 0 fully saturated rings. The predicted octanol–water partition coefficient (Wildman–Crippen LogP) is 1.76. The Morgan fingerprint density at radius 3 is 2.60 bits per heavy atom. The van der Waals surface area contributed by atoms with Gasteiger partial charge in [-0.05, 0) is 24.1 Å². The zero-order valence-corrected chi connectivity index (χ0v) is 8.85. The van der Waals surface area contributed by atoms with E-state index in [1.54, 1.807) is 11.0 Å². The van der Waals surface area contributed by atoms with Gasteiger partial charge in [-0.3, -0.25) is 0 Å². The molecule has 5 heteroatoms. The van der Waals surface area contributed by atoms with Crippen molar-refractivity contribution in [2.75, 3.05) is 5.73 Å². The molecule has 0 amide bonds. The first-order chi connectivity index (χ1) is 7.24. The van der Waals surface area contributed by atoms with E-state index in [0.29, 0.717) is 5.82 Å². The Labute approximate surface area is 92.7 Å². The fourth-order valence-corrected chi connectivity index (χ4v) is 1.42. The summed E-state index contributed by atoms with van der Waals surface area (Å²) < 4.78 is 0. The van der Waals surface area contributed by atoms with Gasteiger partial charge in [-0.25, -0.2) is 0 Å². The lowest BCUT2D eigenvalue weighted by molar-refractivity contribution is 0.538. The van der Waals surface area contributed by atoms with Crippen LogP contribution in [0.2, 0.25) is 5.02 Å². The largest absolute Gasteiger partial charge is 0.381 e. The standard InChI is InChI=1S/C10H11ClN4/c11-9-3-1-8(2-4-9)5-6-15-13-7-10(12)14-15/h1-4,7H,5-6H2,(H2,12,14). The lowest BCUT2D eigenvalue weighted by atomic mass is 10.1.